The van der Waals surface area contributed by atoms with Crippen molar-refractivity contribution >= 4 is 26.0 Å². The van der Waals surface area contributed by atoms with Gasteiger partial charge in [-0.3, -0.25) is 0 Å². The Balaban J connectivity index is 2.25. The Morgan fingerprint density at radius 2 is 2.19 bits per heavy atom. The number of sulfonamides is 1. The van der Waals surface area contributed by atoms with Crippen LogP contribution in [0.5, 0.6) is 0 Å². The largest absolute Gasteiger partial charge is 0.452 e. The van der Waals surface area contributed by atoms with Crippen LogP contribution in [0.15, 0.2) is 20.0 Å². The Hall–Kier alpha value is -0.410. The molecular weight excluding hydrogens is 358 g/mol. The van der Waals surface area contributed by atoms with Gasteiger partial charge in [0.25, 0.3) is 0 Å². The van der Waals surface area contributed by atoms with Gasteiger partial charge >= 0.3 is 0 Å². The molecule has 2 rings (SSSR count). The van der Waals surface area contributed by atoms with Crippen LogP contribution in [-0.4, -0.2) is 56.9 Å². The highest BCUT2D eigenvalue weighted by Crippen LogP contribution is 2.30. The monoisotopic (exact) mass is 379 g/mol. The maximum atomic E-state index is 12.8. The zero-order chi connectivity index (χ0) is 15.6. The molecule has 1 saturated heterocycles. The number of rotatable bonds is 5. The topological polar surface area (TPSA) is 65.8 Å². The molecule has 8 heteroatoms. The quantitative estimate of drug-likeness (QED) is 0.838. The summed E-state index contributed by atoms with van der Waals surface area (Å²) in [7, 11) is -1.53. The summed E-state index contributed by atoms with van der Waals surface area (Å²) in [5.41, 5.74) is 0. The van der Waals surface area contributed by atoms with Crippen molar-refractivity contribution in [3.63, 3.8) is 0 Å². The normalized spacial score (nSPS) is 21.8. The molecule has 1 unspecified atom stereocenters. The molecular formula is C13H22BrN3O3S. The van der Waals surface area contributed by atoms with Gasteiger partial charge in [-0.1, -0.05) is 6.92 Å². The highest BCUT2D eigenvalue weighted by Gasteiger charge is 2.35. The van der Waals surface area contributed by atoms with E-state index in [9.17, 15) is 8.42 Å². The first-order valence-electron chi connectivity index (χ1n) is 7.05. The number of nitrogens with one attached hydrogen (secondary N) is 1. The molecule has 6 nitrogen and oxygen atoms in total. The van der Waals surface area contributed by atoms with Crippen LogP contribution in [0.2, 0.25) is 0 Å². The van der Waals surface area contributed by atoms with Crippen molar-refractivity contribution in [2.75, 3.05) is 33.2 Å². The predicted molar refractivity (Wildman–Crippen MR) is 84.6 cm³/mol. The number of hydrogen-bond donors (Lipinski definition) is 1. The summed E-state index contributed by atoms with van der Waals surface area (Å²) < 4.78 is 32.9. The van der Waals surface area contributed by atoms with Crippen molar-refractivity contribution in [2.45, 2.75) is 31.3 Å². The highest BCUT2D eigenvalue weighted by atomic mass is 79.9. The lowest BCUT2D eigenvalue weighted by Crippen LogP contribution is -2.52. The lowest BCUT2D eigenvalue weighted by molar-refractivity contribution is 0.170. The molecule has 0 spiro atoms. The number of furan rings is 1. The van der Waals surface area contributed by atoms with Gasteiger partial charge in [0.05, 0.1) is 6.54 Å². The Labute approximate surface area is 134 Å². The van der Waals surface area contributed by atoms with Gasteiger partial charge < -0.3 is 14.6 Å². The second-order valence-corrected chi connectivity index (χ2v) is 7.94. The van der Waals surface area contributed by atoms with E-state index in [0.29, 0.717) is 18.8 Å². The second-order valence-electron chi connectivity index (χ2n) is 5.36. The SMILES string of the molecule is CCNCc1cc(S(=O)(=O)N2CCN(C)CC2C)c(Br)o1. The van der Waals surface area contributed by atoms with Crippen LogP contribution in [0.3, 0.4) is 0 Å². The molecule has 0 bridgehead atoms. The molecule has 1 aliphatic rings. The van der Waals surface area contributed by atoms with Crippen molar-refractivity contribution in [3.05, 3.63) is 16.5 Å². The van der Waals surface area contributed by atoms with E-state index in [1.807, 2.05) is 20.9 Å². The molecule has 2 heterocycles. The zero-order valence-corrected chi connectivity index (χ0v) is 15.0. The van der Waals surface area contributed by atoms with Gasteiger partial charge in [0, 0.05) is 31.7 Å². The minimum atomic E-state index is -3.53. The summed E-state index contributed by atoms with van der Waals surface area (Å²) in [4.78, 5) is 2.35. The molecule has 0 aromatic carbocycles. The molecule has 120 valence electrons. The molecule has 21 heavy (non-hydrogen) atoms. The third kappa shape index (κ3) is 3.68. The van der Waals surface area contributed by atoms with Gasteiger partial charge in [0.1, 0.15) is 10.7 Å². The van der Waals surface area contributed by atoms with Crippen LogP contribution < -0.4 is 5.32 Å². The molecule has 0 amide bonds. The van der Waals surface area contributed by atoms with Gasteiger partial charge in [0.15, 0.2) is 4.67 Å². The molecule has 0 saturated carbocycles. The Bertz CT molecular complexity index is 587. The third-order valence-electron chi connectivity index (χ3n) is 3.61. The molecule has 1 aromatic rings. The first-order chi connectivity index (χ1) is 9.86. The van der Waals surface area contributed by atoms with Crippen LogP contribution in [-0.2, 0) is 16.6 Å². The second kappa shape index (κ2) is 6.78. The van der Waals surface area contributed by atoms with E-state index in [4.69, 9.17) is 4.42 Å². The molecule has 1 atom stereocenters. The van der Waals surface area contributed by atoms with Crippen LogP contribution in [0.1, 0.15) is 19.6 Å². The van der Waals surface area contributed by atoms with Crippen molar-refractivity contribution in [2.24, 2.45) is 0 Å². The van der Waals surface area contributed by atoms with Crippen LogP contribution >= 0.6 is 15.9 Å². The zero-order valence-electron chi connectivity index (χ0n) is 12.6. The predicted octanol–water partition coefficient (Wildman–Crippen LogP) is 1.48. The smallest absolute Gasteiger partial charge is 0.247 e. The lowest BCUT2D eigenvalue weighted by Gasteiger charge is -2.36. The standard InChI is InChI=1S/C13H22BrN3O3S/c1-4-15-8-11-7-12(13(14)20-11)21(18,19)17-6-5-16(3)9-10(17)2/h7,10,15H,4-6,8-9H2,1-3H3. The number of likely N-dealkylation sites (N-methyl/N-ethyl adjacent to an activating group) is 1. The average molecular weight is 380 g/mol. The van der Waals surface area contributed by atoms with Gasteiger partial charge in [-0.05, 0) is 36.4 Å². The van der Waals surface area contributed by atoms with Crippen LogP contribution in [0, 0.1) is 0 Å². The van der Waals surface area contributed by atoms with E-state index < -0.39 is 10.0 Å². The number of halogens is 1. The molecule has 1 N–H and O–H groups in total. The fraction of sp³-hybridized carbons (Fsp3) is 0.692. The Morgan fingerprint density at radius 3 is 2.81 bits per heavy atom. The van der Waals surface area contributed by atoms with Crippen LogP contribution in [0.4, 0.5) is 0 Å². The highest BCUT2D eigenvalue weighted by molar-refractivity contribution is 9.10. The first kappa shape index (κ1) is 17.0. The van der Waals surface area contributed by atoms with E-state index in [-0.39, 0.29) is 15.6 Å². The lowest BCUT2D eigenvalue weighted by atomic mass is 10.2. The third-order valence-corrected chi connectivity index (χ3v) is 6.48. The van der Waals surface area contributed by atoms with E-state index >= 15 is 0 Å². The van der Waals surface area contributed by atoms with Crippen molar-refractivity contribution < 1.29 is 12.8 Å². The van der Waals surface area contributed by atoms with E-state index in [1.54, 1.807) is 10.4 Å². The van der Waals surface area contributed by atoms with Gasteiger partial charge in [-0.25, -0.2) is 8.42 Å². The van der Waals surface area contributed by atoms with E-state index in [0.717, 1.165) is 19.6 Å². The molecule has 1 fully saturated rings. The van der Waals surface area contributed by atoms with Crippen molar-refractivity contribution in [3.8, 4) is 0 Å². The summed E-state index contributed by atoms with van der Waals surface area (Å²) in [5.74, 6) is 0.615. The van der Waals surface area contributed by atoms with Crippen LogP contribution in [0.25, 0.3) is 0 Å². The Morgan fingerprint density at radius 1 is 1.48 bits per heavy atom. The van der Waals surface area contributed by atoms with Crippen molar-refractivity contribution in [1.29, 1.82) is 0 Å². The molecule has 1 aromatic heterocycles. The fourth-order valence-electron chi connectivity index (χ4n) is 2.52. The Kier molecular flexibility index (Phi) is 5.48. The average Bonchev–Trinajstić information content (AvgIpc) is 2.78. The summed E-state index contributed by atoms with van der Waals surface area (Å²) in [6, 6.07) is 1.56. The maximum Gasteiger partial charge on any atom is 0.247 e. The van der Waals surface area contributed by atoms with Gasteiger partial charge in [-0.15, -0.1) is 0 Å². The molecule has 0 radical (unpaired) electrons. The van der Waals surface area contributed by atoms with Gasteiger partial charge in [-0.2, -0.15) is 4.31 Å². The minimum absolute atomic E-state index is 0.0484. The summed E-state index contributed by atoms with van der Waals surface area (Å²) in [5, 5.41) is 3.12. The van der Waals surface area contributed by atoms with E-state index in [2.05, 4.69) is 26.1 Å². The number of nitrogens with zero attached hydrogens (tertiary/aromatic N) is 2. The summed E-state index contributed by atoms with van der Waals surface area (Å²) in [6.45, 7) is 7.21. The van der Waals surface area contributed by atoms with E-state index in [1.165, 1.54) is 0 Å². The molecule has 0 aliphatic carbocycles. The van der Waals surface area contributed by atoms with Crippen molar-refractivity contribution in [1.82, 2.24) is 14.5 Å². The number of piperazine rings is 1. The summed E-state index contributed by atoms with van der Waals surface area (Å²) in [6.07, 6.45) is 0. The summed E-state index contributed by atoms with van der Waals surface area (Å²) >= 11 is 3.23. The number of hydrogen-bond acceptors (Lipinski definition) is 5. The maximum absolute atomic E-state index is 12.8. The van der Waals surface area contributed by atoms with Gasteiger partial charge in [0.2, 0.25) is 10.0 Å². The minimum Gasteiger partial charge on any atom is -0.452 e. The molecule has 1 aliphatic heterocycles. The fourth-order valence-corrected chi connectivity index (χ4v) is 5.09. The first-order valence-corrected chi connectivity index (χ1v) is 9.29.